The highest BCUT2D eigenvalue weighted by Crippen LogP contribution is 2.36. The normalized spacial score (nSPS) is 15.7. The summed E-state index contributed by atoms with van der Waals surface area (Å²) in [5.74, 6) is -0.136. The third-order valence-electron chi connectivity index (χ3n) is 4.02. The summed E-state index contributed by atoms with van der Waals surface area (Å²) in [6.07, 6.45) is -0.363. The van der Waals surface area contributed by atoms with Gasteiger partial charge >= 0.3 is 6.09 Å². The zero-order chi connectivity index (χ0) is 17.3. The van der Waals surface area contributed by atoms with Crippen LogP contribution in [0.1, 0.15) is 5.69 Å². The molecule has 1 aromatic carbocycles. The molecule has 3 rings (SSSR count). The summed E-state index contributed by atoms with van der Waals surface area (Å²) in [7, 11) is 2.02. The zero-order valence-corrected chi connectivity index (χ0v) is 14.6. The highest BCUT2D eigenvalue weighted by atomic mass is 35.5. The molecule has 0 radical (unpaired) electrons. The number of rotatable bonds is 2. The Morgan fingerprint density at radius 3 is 2.67 bits per heavy atom. The number of piperazine rings is 1. The molecule has 0 unspecified atom stereocenters. The summed E-state index contributed by atoms with van der Waals surface area (Å²) in [4.78, 5) is 20.2. The summed E-state index contributed by atoms with van der Waals surface area (Å²) in [5, 5.41) is 11.2. The standard InChI is InChI=1S/C16H17Cl2N3O3/c1-20-4-6-21(7-5-20)16(23)24-9-10-2-3-11-12(17)8-13(18)15(22)14(11)19-10/h2-3,8,22H,4-7,9H2,1H3. The topological polar surface area (TPSA) is 65.9 Å². The Morgan fingerprint density at radius 1 is 1.25 bits per heavy atom. The number of phenols is 1. The van der Waals surface area contributed by atoms with E-state index in [1.165, 1.54) is 6.07 Å². The van der Waals surface area contributed by atoms with Crippen LogP contribution in [0.2, 0.25) is 10.0 Å². The lowest BCUT2D eigenvalue weighted by atomic mass is 10.2. The molecule has 2 aromatic rings. The number of ether oxygens (including phenoxy) is 1. The van der Waals surface area contributed by atoms with Crippen molar-refractivity contribution in [3.8, 4) is 5.75 Å². The van der Waals surface area contributed by atoms with Crippen molar-refractivity contribution in [2.45, 2.75) is 6.61 Å². The fourth-order valence-electron chi connectivity index (χ4n) is 2.54. The average molecular weight is 370 g/mol. The van der Waals surface area contributed by atoms with E-state index in [0.717, 1.165) is 13.1 Å². The van der Waals surface area contributed by atoms with Gasteiger partial charge in [0.25, 0.3) is 0 Å². The van der Waals surface area contributed by atoms with Crippen LogP contribution in [0, 0.1) is 0 Å². The molecule has 1 aromatic heterocycles. The lowest BCUT2D eigenvalue weighted by Gasteiger charge is -2.31. The molecule has 1 saturated heterocycles. The van der Waals surface area contributed by atoms with Gasteiger partial charge in [-0.2, -0.15) is 0 Å². The van der Waals surface area contributed by atoms with E-state index >= 15 is 0 Å². The van der Waals surface area contributed by atoms with Crippen LogP contribution in [0.15, 0.2) is 18.2 Å². The highest BCUT2D eigenvalue weighted by molar-refractivity contribution is 6.39. The first-order chi connectivity index (χ1) is 11.5. The molecule has 0 saturated carbocycles. The van der Waals surface area contributed by atoms with E-state index < -0.39 is 0 Å². The van der Waals surface area contributed by atoms with Crippen LogP contribution in [-0.2, 0) is 11.3 Å². The molecule has 1 aliphatic rings. The molecule has 0 atom stereocenters. The van der Waals surface area contributed by atoms with Gasteiger partial charge in [-0.25, -0.2) is 9.78 Å². The summed E-state index contributed by atoms with van der Waals surface area (Å²) in [6, 6.07) is 4.90. The van der Waals surface area contributed by atoms with Gasteiger partial charge < -0.3 is 19.6 Å². The number of fused-ring (bicyclic) bond motifs is 1. The first-order valence-electron chi connectivity index (χ1n) is 7.52. The van der Waals surface area contributed by atoms with Crippen molar-refractivity contribution in [1.29, 1.82) is 0 Å². The fraction of sp³-hybridized carbons (Fsp3) is 0.375. The molecular formula is C16H17Cl2N3O3. The number of benzene rings is 1. The predicted octanol–water partition coefficient (Wildman–Crippen LogP) is 3.13. The van der Waals surface area contributed by atoms with Crippen molar-refractivity contribution in [3.05, 3.63) is 33.9 Å². The average Bonchev–Trinajstić information content (AvgIpc) is 2.58. The molecule has 128 valence electrons. The smallest absolute Gasteiger partial charge is 0.410 e. The van der Waals surface area contributed by atoms with Crippen molar-refractivity contribution >= 4 is 40.2 Å². The van der Waals surface area contributed by atoms with E-state index in [0.29, 0.717) is 34.7 Å². The van der Waals surface area contributed by atoms with Crippen LogP contribution in [-0.4, -0.2) is 59.2 Å². The van der Waals surface area contributed by atoms with Crippen molar-refractivity contribution in [3.63, 3.8) is 0 Å². The third kappa shape index (κ3) is 3.50. The second-order valence-electron chi connectivity index (χ2n) is 5.73. The number of phenolic OH excluding ortho intramolecular Hbond substituents is 1. The lowest BCUT2D eigenvalue weighted by molar-refractivity contribution is 0.0761. The first-order valence-corrected chi connectivity index (χ1v) is 8.28. The molecule has 24 heavy (non-hydrogen) atoms. The van der Waals surface area contributed by atoms with Crippen molar-refractivity contribution in [2.24, 2.45) is 0 Å². The number of hydrogen-bond acceptors (Lipinski definition) is 5. The number of pyridine rings is 1. The Balaban J connectivity index is 1.71. The summed E-state index contributed by atoms with van der Waals surface area (Å²) in [5.41, 5.74) is 0.805. The molecule has 0 aliphatic carbocycles. The Kier molecular flexibility index (Phi) is 4.99. The minimum atomic E-state index is -0.363. The number of aromatic hydroxyl groups is 1. The van der Waals surface area contributed by atoms with E-state index in [4.69, 9.17) is 27.9 Å². The van der Waals surface area contributed by atoms with Gasteiger partial charge in [-0.1, -0.05) is 23.2 Å². The number of carbonyl (C=O) groups excluding carboxylic acids is 1. The summed E-state index contributed by atoms with van der Waals surface area (Å²) < 4.78 is 5.31. The largest absolute Gasteiger partial charge is 0.504 e. The second kappa shape index (κ2) is 7.01. The fourth-order valence-corrected chi connectivity index (χ4v) is 3.06. The molecule has 1 fully saturated rings. The van der Waals surface area contributed by atoms with Crippen LogP contribution in [0.4, 0.5) is 4.79 Å². The number of hydrogen-bond donors (Lipinski definition) is 1. The number of nitrogens with zero attached hydrogens (tertiary/aromatic N) is 3. The Morgan fingerprint density at radius 2 is 1.96 bits per heavy atom. The molecule has 6 nitrogen and oxygen atoms in total. The second-order valence-corrected chi connectivity index (χ2v) is 6.55. The van der Waals surface area contributed by atoms with Crippen molar-refractivity contribution in [2.75, 3.05) is 33.2 Å². The summed E-state index contributed by atoms with van der Waals surface area (Å²) in [6.45, 7) is 2.96. The quantitative estimate of drug-likeness (QED) is 0.880. The van der Waals surface area contributed by atoms with E-state index in [-0.39, 0.29) is 23.5 Å². The van der Waals surface area contributed by atoms with E-state index in [1.54, 1.807) is 17.0 Å². The van der Waals surface area contributed by atoms with E-state index in [2.05, 4.69) is 9.88 Å². The molecular weight excluding hydrogens is 353 g/mol. The maximum atomic E-state index is 12.1. The molecule has 0 bridgehead atoms. The number of amides is 1. The van der Waals surface area contributed by atoms with Gasteiger partial charge in [-0.05, 0) is 25.2 Å². The Labute approximate surface area is 149 Å². The Bertz CT molecular complexity index is 777. The van der Waals surface area contributed by atoms with E-state index in [9.17, 15) is 9.90 Å². The Hall–Kier alpha value is -1.76. The van der Waals surface area contributed by atoms with Gasteiger partial charge in [0.1, 0.15) is 12.1 Å². The minimum absolute atomic E-state index is 0.0185. The SMILES string of the molecule is CN1CCN(C(=O)OCc2ccc3c(Cl)cc(Cl)c(O)c3n2)CC1. The van der Waals surface area contributed by atoms with Gasteiger partial charge in [0.2, 0.25) is 0 Å². The number of carbonyl (C=O) groups is 1. The molecule has 1 amide bonds. The molecule has 2 heterocycles. The van der Waals surface area contributed by atoms with Crippen molar-refractivity contribution in [1.82, 2.24) is 14.8 Å². The first kappa shape index (κ1) is 17.1. The van der Waals surface area contributed by atoms with Crippen LogP contribution >= 0.6 is 23.2 Å². The predicted molar refractivity (Wildman–Crippen MR) is 92.7 cm³/mol. The van der Waals surface area contributed by atoms with Gasteiger partial charge in [0.15, 0.2) is 5.75 Å². The van der Waals surface area contributed by atoms with Gasteiger partial charge in [0.05, 0.1) is 15.7 Å². The molecule has 1 aliphatic heterocycles. The van der Waals surface area contributed by atoms with Crippen LogP contribution in [0.25, 0.3) is 10.9 Å². The maximum Gasteiger partial charge on any atom is 0.410 e. The van der Waals surface area contributed by atoms with Gasteiger partial charge in [-0.3, -0.25) is 0 Å². The molecule has 0 spiro atoms. The highest BCUT2D eigenvalue weighted by Gasteiger charge is 2.20. The molecule has 1 N–H and O–H groups in total. The minimum Gasteiger partial charge on any atom is -0.504 e. The van der Waals surface area contributed by atoms with Crippen LogP contribution in [0.3, 0.4) is 0 Å². The van der Waals surface area contributed by atoms with E-state index in [1.807, 2.05) is 7.05 Å². The number of likely N-dealkylation sites (N-methyl/N-ethyl adjacent to an activating group) is 1. The van der Waals surface area contributed by atoms with Crippen molar-refractivity contribution < 1.29 is 14.6 Å². The monoisotopic (exact) mass is 369 g/mol. The maximum absolute atomic E-state index is 12.1. The lowest BCUT2D eigenvalue weighted by Crippen LogP contribution is -2.47. The van der Waals surface area contributed by atoms with Crippen LogP contribution < -0.4 is 0 Å². The summed E-state index contributed by atoms with van der Waals surface area (Å²) >= 11 is 12.0. The zero-order valence-electron chi connectivity index (χ0n) is 13.1. The van der Waals surface area contributed by atoms with Gasteiger partial charge in [-0.15, -0.1) is 0 Å². The van der Waals surface area contributed by atoms with Gasteiger partial charge in [0, 0.05) is 31.6 Å². The third-order valence-corrected chi connectivity index (χ3v) is 4.62. The number of aromatic nitrogens is 1. The number of halogens is 2. The van der Waals surface area contributed by atoms with Crippen LogP contribution in [0.5, 0.6) is 5.75 Å². The molecule has 8 heteroatoms.